The predicted molar refractivity (Wildman–Crippen MR) is 150 cm³/mol. The molecule has 0 atom stereocenters. The lowest BCUT2D eigenvalue weighted by Gasteiger charge is -2.29. The number of ether oxygens (including phenoxy) is 1. The molecule has 2 aromatic rings. The third-order valence-electron chi connectivity index (χ3n) is 5.39. The number of nitrogen functional groups attached to an aromatic ring is 1. The maximum Gasteiger partial charge on any atom is 0.407 e. The van der Waals surface area contributed by atoms with Crippen LogP contribution in [0, 0.1) is 31.1 Å². The van der Waals surface area contributed by atoms with Crippen molar-refractivity contribution in [3.8, 4) is 11.8 Å². The average molecular weight is 506 g/mol. The van der Waals surface area contributed by atoms with Crippen molar-refractivity contribution >= 4 is 29.2 Å². The highest BCUT2D eigenvalue weighted by atomic mass is 16.6. The first-order valence-electron chi connectivity index (χ1n) is 12.4. The number of nitrogens with zero attached hydrogens (tertiary/aromatic N) is 1. The Morgan fingerprint density at radius 2 is 1.76 bits per heavy atom. The molecule has 0 saturated heterocycles. The van der Waals surface area contributed by atoms with Crippen LogP contribution in [0.4, 0.5) is 16.2 Å². The number of carbonyl (C=O) groups excluding carboxylic acids is 2. The second kappa shape index (κ2) is 12.8. The topological polar surface area (TPSA) is 121 Å². The first-order chi connectivity index (χ1) is 17.3. The van der Waals surface area contributed by atoms with E-state index in [1.54, 1.807) is 37.8 Å². The number of rotatable bonds is 8. The van der Waals surface area contributed by atoms with Crippen LogP contribution in [0.25, 0.3) is 0 Å². The van der Waals surface area contributed by atoms with Gasteiger partial charge in [0.1, 0.15) is 11.4 Å². The van der Waals surface area contributed by atoms with Crippen LogP contribution in [0.2, 0.25) is 0 Å². The Bertz CT molecular complexity index is 1180. The number of amides is 2. The zero-order valence-electron chi connectivity index (χ0n) is 22.9. The molecule has 0 bridgehead atoms. The number of hydrogen-bond donors (Lipinski definition) is 4. The maximum atomic E-state index is 13.1. The van der Waals surface area contributed by atoms with Gasteiger partial charge >= 0.3 is 6.09 Å². The highest BCUT2D eigenvalue weighted by Gasteiger charge is 2.22. The van der Waals surface area contributed by atoms with Crippen LogP contribution in [0.5, 0.6) is 0 Å². The van der Waals surface area contributed by atoms with Crippen LogP contribution in [0.3, 0.4) is 0 Å². The molecule has 5 N–H and O–H groups in total. The van der Waals surface area contributed by atoms with E-state index in [1.165, 1.54) is 0 Å². The van der Waals surface area contributed by atoms with Crippen LogP contribution in [-0.2, 0) is 9.53 Å². The normalized spacial score (nSPS) is 10.8. The van der Waals surface area contributed by atoms with Crippen LogP contribution >= 0.6 is 0 Å². The van der Waals surface area contributed by atoms with Crippen molar-refractivity contribution in [3.63, 3.8) is 0 Å². The van der Waals surface area contributed by atoms with Crippen molar-refractivity contribution in [3.05, 3.63) is 58.7 Å². The summed E-state index contributed by atoms with van der Waals surface area (Å²) in [4.78, 5) is 26.7. The van der Waals surface area contributed by atoms with Gasteiger partial charge in [-0.05, 0) is 96.0 Å². The van der Waals surface area contributed by atoms with Gasteiger partial charge in [-0.25, -0.2) is 4.79 Å². The highest BCUT2D eigenvalue weighted by molar-refractivity contribution is 5.95. The van der Waals surface area contributed by atoms with Crippen molar-refractivity contribution < 1.29 is 14.3 Å². The van der Waals surface area contributed by atoms with Gasteiger partial charge in [-0.2, -0.15) is 0 Å². The summed E-state index contributed by atoms with van der Waals surface area (Å²) < 4.78 is 5.23. The van der Waals surface area contributed by atoms with Gasteiger partial charge in [-0.3, -0.25) is 10.2 Å². The molecule has 0 aliphatic carbocycles. The van der Waals surface area contributed by atoms with E-state index in [0.29, 0.717) is 12.1 Å². The van der Waals surface area contributed by atoms with E-state index in [4.69, 9.17) is 15.9 Å². The van der Waals surface area contributed by atoms with E-state index in [0.717, 1.165) is 28.1 Å². The molecule has 8 nitrogen and oxygen atoms in total. The lowest BCUT2D eigenvalue weighted by molar-refractivity contribution is -0.118. The third-order valence-corrected chi connectivity index (χ3v) is 5.39. The molecule has 0 unspecified atom stereocenters. The largest absolute Gasteiger partial charge is 0.444 e. The summed E-state index contributed by atoms with van der Waals surface area (Å²) >= 11 is 0. The number of nitrogens with two attached hydrogens (primary N) is 1. The minimum Gasteiger partial charge on any atom is -0.444 e. The van der Waals surface area contributed by atoms with Gasteiger partial charge < -0.3 is 26.0 Å². The molecule has 198 valence electrons. The van der Waals surface area contributed by atoms with Gasteiger partial charge in [0.2, 0.25) is 5.91 Å². The third kappa shape index (κ3) is 9.19. The van der Waals surface area contributed by atoms with Crippen LogP contribution < -0.4 is 21.3 Å². The summed E-state index contributed by atoms with van der Waals surface area (Å²) in [6.07, 6.45) is -0.370. The monoisotopic (exact) mass is 505 g/mol. The quantitative estimate of drug-likeness (QED) is 0.235. The van der Waals surface area contributed by atoms with Crippen molar-refractivity contribution in [2.75, 3.05) is 23.3 Å². The number of hydrogen-bond acceptors (Lipinski definition) is 5. The van der Waals surface area contributed by atoms with Crippen molar-refractivity contribution in [1.82, 2.24) is 5.32 Å². The fourth-order valence-electron chi connectivity index (χ4n) is 3.66. The summed E-state index contributed by atoms with van der Waals surface area (Å²) in [6.45, 7) is 13.9. The number of benzene rings is 2. The predicted octanol–water partition coefficient (Wildman–Crippen LogP) is 4.71. The van der Waals surface area contributed by atoms with E-state index in [2.05, 4.69) is 22.5 Å². The van der Waals surface area contributed by atoms with Gasteiger partial charge in [0.15, 0.2) is 0 Å². The zero-order chi connectivity index (χ0) is 27.8. The lowest BCUT2D eigenvalue weighted by Crippen LogP contribution is -2.40. The summed E-state index contributed by atoms with van der Waals surface area (Å²) in [5, 5.41) is 13.3. The molecule has 0 aliphatic heterocycles. The number of anilines is 2. The number of alkyl carbamates (subject to hydrolysis) is 1. The molecule has 2 aromatic carbocycles. The summed E-state index contributed by atoms with van der Waals surface area (Å²) in [5.74, 6) is 6.32. The average Bonchev–Trinajstić information content (AvgIpc) is 2.78. The Kier molecular flexibility index (Phi) is 10.1. The molecule has 2 amide bonds. The van der Waals surface area contributed by atoms with Gasteiger partial charge in [0.05, 0.1) is 6.54 Å². The van der Waals surface area contributed by atoms with Gasteiger partial charge in [-0.1, -0.05) is 11.8 Å². The molecule has 0 aromatic heterocycles. The molecule has 37 heavy (non-hydrogen) atoms. The molecule has 0 spiro atoms. The minimum atomic E-state index is -0.588. The minimum absolute atomic E-state index is 0.0378. The second-order valence-electron chi connectivity index (χ2n) is 10.1. The summed E-state index contributed by atoms with van der Waals surface area (Å²) in [6, 6.07) is 11.3. The van der Waals surface area contributed by atoms with Crippen molar-refractivity contribution in [2.24, 2.45) is 5.73 Å². The number of aryl methyl sites for hydroxylation is 2. The van der Waals surface area contributed by atoms with Gasteiger partial charge in [0.25, 0.3) is 0 Å². The van der Waals surface area contributed by atoms with Crippen LogP contribution in [0.15, 0.2) is 36.4 Å². The summed E-state index contributed by atoms with van der Waals surface area (Å²) in [7, 11) is 0. The van der Waals surface area contributed by atoms with E-state index in [1.807, 2.05) is 52.0 Å². The zero-order valence-corrected chi connectivity index (χ0v) is 22.9. The number of amidine groups is 1. The molecule has 0 aliphatic rings. The summed E-state index contributed by atoms with van der Waals surface area (Å²) in [5.41, 5.74) is 10.1. The first-order valence-corrected chi connectivity index (χ1v) is 12.4. The Balaban J connectivity index is 2.06. The Morgan fingerprint density at radius 1 is 1.11 bits per heavy atom. The van der Waals surface area contributed by atoms with Crippen molar-refractivity contribution in [2.45, 2.75) is 66.5 Å². The van der Waals surface area contributed by atoms with Gasteiger partial charge in [-0.15, -0.1) is 0 Å². The molecule has 0 heterocycles. The fraction of sp³-hybridized carbons (Fsp3) is 0.414. The number of nitrogens with one attached hydrogen (secondary N) is 3. The smallest absolute Gasteiger partial charge is 0.407 e. The van der Waals surface area contributed by atoms with Gasteiger partial charge in [0, 0.05) is 41.5 Å². The fourth-order valence-corrected chi connectivity index (χ4v) is 3.66. The maximum absolute atomic E-state index is 13.1. The van der Waals surface area contributed by atoms with E-state index < -0.39 is 11.7 Å². The van der Waals surface area contributed by atoms with Crippen molar-refractivity contribution in [1.29, 1.82) is 5.41 Å². The standard InChI is InChI=1S/C29H39N5O3/c1-19(2)34(26(35)14-16-33-28(36)37-29(5,6)7)25-18-20(3)23(17-21(25)4)9-8-15-32-24-12-10-22(11-13-24)27(30)31/h10-13,17-19,32H,14-16H2,1-7H3,(H3,30,31)(H,33,36). The molecule has 8 heteroatoms. The lowest BCUT2D eigenvalue weighted by atomic mass is 10.0. The highest BCUT2D eigenvalue weighted by Crippen LogP contribution is 2.26. The SMILES string of the molecule is Cc1cc(N(C(=O)CCNC(=O)OC(C)(C)C)C(C)C)c(C)cc1C#CCNc1ccc(C(=N)N)cc1. The Labute approximate surface area is 220 Å². The molecular weight excluding hydrogens is 466 g/mol. The van der Waals surface area contributed by atoms with Crippen LogP contribution in [0.1, 0.15) is 63.3 Å². The van der Waals surface area contributed by atoms with Crippen LogP contribution in [-0.4, -0.2) is 42.6 Å². The second-order valence-corrected chi connectivity index (χ2v) is 10.1. The van der Waals surface area contributed by atoms with E-state index in [-0.39, 0.29) is 30.8 Å². The van der Waals surface area contributed by atoms with E-state index in [9.17, 15) is 9.59 Å². The Morgan fingerprint density at radius 3 is 2.32 bits per heavy atom. The number of carbonyl (C=O) groups is 2. The molecule has 0 saturated carbocycles. The molecule has 2 rings (SSSR count). The Hall–Kier alpha value is -3.99. The molecule has 0 fully saturated rings. The molecule has 0 radical (unpaired) electrons. The molecular formula is C29H39N5O3. The van der Waals surface area contributed by atoms with E-state index >= 15 is 0 Å². The first kappa shape index (κ1) is 29.2.